The topological polar surface area (TPSA) is 193 Å². The van der Waals surface area contributed by atoms with Gasteiger partial charge in [0.2, 0.25) is 5.91 Å². The fraction of sp³-hybridized carbons (Fsp3) is 0.400. The van der Waals surface area contributed by atoms with Gasteiger partial charge >= 0.3 is 12.2 Å². The lowest BCUT2D eigenvalue weighted by Crippen LogP contribution is -2.52. The van der Waals surface area contributed by atoms with Crippen molar-refractivity contribution >= 4 is 45.8 Å². The van der Waals surface area contributed by atoms with Crippen molar-refractivity contribution in [3.8, 4) is 28.1 Å². The van der Waals surface area contributed by atoms with Crippen molar-refractivity contribution in [2.24, 2.45) is 23.7 Å². The fourth-order valence-corrected chi connectivity index (χ4v) is 10.7. The maximum Gasteiger partial charge on any atom is 0.407 e. The predicted molar refractivity (Wildman–Crippen MR) is 245 cm³/mol. The van der Waals surface area contributed by atoms with Gasteiger partial charge in [-0.2, -0.15) is 0 Å². The summed E-state index contributed by atoms with van der Waals surface area (Å²) < 4.78 is 21.8. The molecule has 0 unspecified atom stereocenters. The molecule has 4 aromatic carbocycles. The third-order valence-corrected chi connectivity index (χ3v) is 14.1. The van der Waals surface area contributed by atoms with Crippen molar-refractivity contribution < 1.29 is 38.1 Å². The van der Waals surface area contributed by atoms with Gasteiger partial charge in [-0.15, -0.1) is 0 Å². The van der Waals surface area contributed by atoms with E-state index in [1.54, 1.807) is 18.2 Å². The van der Waals surface area contributed by atoms with Crippen molar-refractivity contribution in [1.82, 2.24) is 40.4 Å². The Hall–Kier alpha value is -6.94. The lowest BCUT2D eigenvalue weighted by atomic mass is 9.92. The zero-order valence-corrected chi connectivity index (χ0v) is 37.8. The molecule has 66 heavy (non-hydrogen) atoms. The van der Waals surface area contributed by atoms with Crippen LogP contribution in [0.25, 0.3) is 44.2 Å². The standard InChI is InChI=1S/C50H54N8O8/c1-25(2)41(55-49(61)64-5)48(60)58-39(19-33-26(3)44(33)58)46-52-36-15-13-29-18-35-32-14-12-30(17-31(32)24-66-40(35)20-34(29)43(36)54-46)37-21-51-45(53-37)38-16-27(23-63-4)22-57(38)47(59)42(56-50(62)65-6)28-10-8-7-9-11-28/h7-15,17-18,20-21,25-27,33,38-39,41-42,44H,16,19,22-24H2,1-6H3,(H,51,53)(H,52,54)(H,55,61)(H,56,62)/t26-,27+,33+,38+,39+,41+,42-,44-/m1/s1. The maximum atomic E-state index is 14.3. The number of aromatic nitrogens is 4. The SMILES string of the molecule is COC[C@H]1C[C@@H](c2ncc(-c3ccc4c(c3)COc3cc5c(ccc6nc([C@@H]7C[C@H]8[C@@H](C)[C@H]8N7C(=O)[C@@H](NC(=O)OC)C(C)C)[nH]c65)cc3-4)[nH]2)N(C(=O)[C@H](NC(=O)OC)c2ccccc2)C1. The summed E-state index contributed by atoms with van der Waals surface area (Å²) in [4.78, 5) is 73.9. The van der Waals surface area contributed by atoms with E-state index >= 15 is 0 Å². The number of hydrogen-bond acceptors (Lipinski definition) is 10. The molecule has 6 aromatic rings. The van der Waals surface area contributed by atoms with Crippen LogP contribution >= 0.6 is 0 Å². The first-order valence-corrected chi connectivity index (χ1v) is 22.6. The number of fused-ring (bicyclic) bond motifs is 7. The first-order valence-electron chi connectivity index (χ1n) is 22.6. The number of H-pyrrole nitrogens is 2. The number of alkyl carbamates (subject to hydrolysis) is 2. The van der Waals surface area contributed by atoms with Crippen molar-refractivity contribution in [2.75, 3.05) is 34.5 Å². The quantitative estimate of drug-likeness (QED) is 0.101. The smallest absolute Gasteiger partial charge is 0.407 e. The highest BCUT2D eigenvalue weighted by Crippen LogP contribution is 2.58. The number of aromatic amines is 2. The van der Waals surface area contributed by atoms with Crippen LogP contribution in [0.2, 0.25) is 0 Å². The summed E-state index contributed by atoms with van der Waals surface area (Å²) in [6.07, 6.45) is 1.91. The van der Waals surface area contributed by atoms with E-state index in [-0.39, 0.29) is 41.8 Å². The van der Waals surface area contributed by atoms with E-state index in [1.165, 1.54) is 14.2 Å². The Morgan fingerprint density at radius 1 is 0.864 bits per heavy atom. The van der Waals surface area contributed by atoms with Crippen molar-refractivity contribution in [1.29, 1.82) is 0 Å². The van der Waals surface area contributed by atoms with E-state index in [0.717, 1.165) is 67.7 Å². The predicted octanol–water partition coefficient (Wildman–Crippen LogP) is 7.59. The zero-order valence-electron chi connectivity index (χ0n) is 37.8. The molecule has 4 aliphatic rings. The molecule has 0 bridgehead atoms. The molecular formula is C50H54N8O8. The van der Waals surface area contributed by atoms with Gasteiger partial charge in [0.25, 0.3) is 5.91 Å². The van der Waals surface area contributed by atoms with Gasteiger partial charge in [0, 0.05) is 36.6 Å². The Morgan fingerprint density at radius 2 is 1.65 bits per heavy atom. The van der Waals surface area contributed by atoms with Crippen LogP contribution in [0.15, 0.2) is 79.0 Å². The van der Waals surface area contributed by atoms with Crippen molar-refractivity contribution in [2.45, 2.75) is 70.4 Å². The molecule has 0 spiro atoms. The second kappa shape index (κ2) is 17.1. The number of carbonyl (C=O) groups is 4. The van der Waals surface area contributed by atoms with Gasteiger partial charge in [0.15, 0.2) is 0 Å². The van der Waals surface area contributed by atoms with Crippen molar-refractivity contribution in [3.63, 3.8) is 0 Å². The average Bonchev–Trinajstić information content (AvgIpc) is 3.96. The Balaban J connectivity index is 0.912. The summed E-state index contributed by atoms with van der Waals surface area (Å²) in [7, 11) is 4.23. The first-order chi connectivity index (χ1) is 32.0. The number of ether oxygens (including phenoxy) is 4. The molecule has 0 radical (unpaired) electrons. The number of amides is 4. The molecule has 4 amide bonds. The summed E-state index contributed by atoms with van der Waals surface area (Å²) in [6, 6.07) is 21.6. The van der Waals surface area contributed by atoms with Crippen molar-refractivity contribution in [3.05, 3.63) is 102 Å². The molecule has 16 nitrogen and oxygen atoms in total. The number of hydrogen-bond donors (Lipinski definition) is 4. The summed E-state index contributed by atoms with van der Waals surface area (Å²) in [6.45, 7) is 7.30. The lowest BCUT2D eigenvalue weighted by Gasteiger charge is -2.32. The summed E-state index contributed by atoms with van der Waals surface area (Å²) in [5.74, 6) is 2.47. The molecule has 3 aliphatic heterocycles. The van der Waals surface area contributed by atoms with Gasteiger partial charge in [-0.05, 0) is 82.5 Å². The van der Waals surface area contributed by atoms with Gasteiger partial charge in [0.1, 0.15) is 36.1 Å². The minimum absolute atomic E-state index is 0.0686. The largest absolute Gasteiger partial charge is 0.488 e. The van der Waals surface area contributed by atoms with Gasteiger partial charge in [0.05, 0.1) is 55.8 Å². The monoisotopic (exact) mass is 894 g/mol. The van der Waals surface area contributed by atoms with Crippen LogP contribution in [0, 0.1) is 23.7 Å². The summed E-state index contributed by atoms with van der Waals surface area (Å²) in [5.41, 5.74) is 7.15. The second-order valence-corrected chi connectivity index (χ2v) is 18.4. The maximum absolute atomic E-state index is 14.3. The number of imidazole rings is 2. The highest BCUT2D eigenvalue weighted by Gasteiger charge is 2.61. The number of nitrogens with zero attached hydrogens (tertiary/aromatic N) is 4. The Morgan fingerprint density at radius 3 is 2.41 bits per heavy atom. The number of likely N-dealkylation sites (tertiary alicyclic amines) is 2. The Labute approximate surface area is 381 Å². The van der Waals surface area contributed by atoms with E-state index in [4.69, 9.17) is 28.9 Å². The molecule has 342 valence electrons. The molecule has 4 N–H and O–H groups in total. The average molecular weight is 895 g/mol. The summed E-state index contributed by atoms with van der Waals surface area (Å²) >= 11 is 0. The van der Waals surface area contributed by atoms with E-state index in [0.29, 0.717) is 49.4 Å². The molecule has 8 atom stereocenters. The van der Waals surface area contributed by atoms with E-state index in [1.807, 2.05) is 55.1 Å². The van der Waals surface area contributed by atoms with Crippen LogP contribution in [0.5, 0.6) is 5.75 Å². The van der Waals surface area contributed by atoms with E-state index in [9.17, 15) is 19.2 Å². The van der Waals surface area contributed by atoms with Crippen LogP contribution < -0.4 is 15.4 Å². The molecular weight excluding hydrogens is 841 g/mol. The number of methoxy groups -OCH3 is 3. The number of piperidine rings is 1. The van der Waals surface area contributed by atoms with Gasteiger partial charge in [-0.1, -0.05) is 69.3 Å². The molecule has 16 heteroatoms. The van der Waals surface area contributed by atoms with Gasteiger partial charge in [-0.3, -0.25) is 9.59 Å². The van der Waals surface area contributed by atoms with Gasteiger partial charge in [-0.25, -0.2) is 19.6 Å². The van der Waals surface area contributed by atoms with Gasteiger partial charge < -0.3 is 49.3 Å². The fourth-order valence-electron chi connectivity index (χ4n) is 10.7. The number of carbonyl (C=O) groups excluding carboxylic acids is 4. The van der Waals surface area contributed by atoms with E-state index < -0.39 is 24.3 Å². The molecule has 2 saturated heterocycles. The Kier molecular flexibility index (Phi) is 11.2. The highest BCUT2D eigenvalue weighted by molar-refractivity contribution is 6.07. The van der Waals surface area contributed by atoms with Crippen LogP contribution in [0.4, 0.5) is 9.59 Å². The minimum atomic E-state index is -0.947. The van der Waals surface area contributed by atoms with Crippen LogP contribution in [-0.4, -0.2) is 100 Å². The zero-order chi connectivity index (χ0) is 46.0. The lowest BCUT2D eigenvalue weighted by molar-refractivity contribution is -0.137. The molecule has 3 fully saturated rings. The summed E-state index contributed by atoms with van der Waals surface area (Å²) in [5, 5.41) is 7.50. The molecule has 10 rings (SSSR count). The molecule has 1 saturated carbocycles. The number of benzene rings is 4. The van der Waals surface area contributed by atoms with Crippen LogP contribution in [0.3, 0.4) is 0 Å². The third kappa shape index (κ3) is 7.56. The Bertz CT molecular complexity index is 2860. The number of rotatable bonds is 11. The molecule has 5 heterocycles. The normalized spacial score (nSPS) is 22.6. The minimum Gasteiger partial charge on any atom is -0.488 e. The van der Waals surface area contributed by atoms with E-state index in [2.05, 4.69) is 63.9 Å². The van der Waals surface area contributed by atoms with Crippen LogP contribution in [0.1, 0.15) is 74.5 Å². The molecule has 2 aromatic heterocycles. The van der Waals surface area contributed by atoms with Crippen LogP contribution in [-0.2, 0) is 30.4 Å². The highest BCUT2D eigenvalue weighted by atomic mass is 16.5. The number of nitrogens with one attached hydrogen (secondary N) is 4. The first kappa shape index (κ1) is 43.0. The molecule has 1 aliphatic carbocycles. The second-order valence-electron chi connectivity index (χ2n) is 18.4. The third-order valence-electron chi connectivity index (χ3n) is 14.1.